The summed E-state index contributed by atoms with van der Waals surface area (Å²) in [6, 6.07) is 15.3. The Morgan fingerprint density at radius 2 is 1.95 bits per heavy atom. The fraction of sp³-hybridized carbons (Fsp3) is 0.276. The molecule has 1 atom stereocenters. The summed E-state index contributed by atoms with van der Waals surface area (Å²) in [5.74, 6) is 1.34. The van der Waals surface area contributed by atoms with Crippen molar-refractivity contribution in [2.24, 2.45) is 13.0 Å². The Bertz CT molecular complexity index is 1620. The summed E-state index contributed by atoms with van der Waals surface area (Å²) in [6.07, 6.45) is 3.73. The molecule has 1 saturated heterocycles. The summed E-state index contributed by atoms with van der Waals surface area (Å²) in [5, 5.41) is 22.3. The van der Waals surface area contributed by atoms with Gasteiger partial charge in [0, 0.05) is 31.2 Å². The minimum Gasteiger partial charge on any atom is -0.478 e. The van der Waals surface area contributed by atoms with Gasteiger partial charge in [-0.05, 0) is 55.5 Å². The maximum absolute atomic E-state index is 12.2. The number of fused-ring (bicyclic) bond motifs is 3. The van der Waals surface area contributed by atoms with Gasteiger partial charge >= 0.3 is 5.97 Å². The lowest BCUT2D eigenvalue weighted by Crippen LogP contribution is -2.28. The molecule has 0 saturated carbocycles. The number of hydrogen-bond acceptors (Lipinski definition) is 6. The second-order valence-corrected chi connectivity index (χ2v) is 9.78. The molecule has 38 heavy (non-hydrogen) atoms. The molecule has 9 heteroatoms. The molecule has 0 amide bonds. The van der Waals surface area contributed by atoms with Crippen molar-refractivity contribution in [1.29, 1.82) is 0 Å². The van der Waals surface area contributed by atoms with Crippen LogP contribution in [0.2, 0.25) is 0 Å². The fourth-order valence-corrected chi connectivity index (χ4v) is 5.85. The zero-order valence-electron chi connectivity index (χ0n) is 21.1. The Balaban J connectivity index is 1.69. The number of ether oxygens (including phenoxy) is 1. The summed E-state index contributed by atoms with van der Waals surface area (Å²) in [7, 11) is 1.79. The highest BCUT2D eigenvalue weighted by molar-refractivity contribution is 6.11. The molecular formula is C29H27N5O4. The van der Waals surface area contributed by atoms with Gasteiger partial charge in [0.25, 0.3) is 0 Å². The van der Waals surface area contributed by atoms with Crippen LogP contribution >= 0.6 is 0 Å². The molecule has 2 aromatic carbocycles. The predicted molar refractivity (Wildman–Crippen MR) is 143 cm³/mol. The van der Waals surface area contributed by atoms with Crippen LogP contribution in [0.15, 0.2) is 54.2 Å². The smallest absolute Gasteiger partial charge is 0.335 e. The molecule has 0 spiro atoms. The third kappa shape index (κ3) is 3.84. The van der Waals surface area contributed by atoms with E-state index < -0.39 is 5.97 Å². The zero-order chi connectivity index (χ0) is 26.4. The molecule has 4 heterocycles. The largest absolute Gasteiger partial charge is 0.478 e. The first kappa shape index (κ1) is 23.9. The van der Waals surface area contributed by atoms with Crippen molar-refractivity contribution in [2.75, 3.05) is 18.5 Å². The lowest BCUT2D eigenvalue weighted by atomic mass is 9.86. The lowest BCUT2D eigenvalue weighted by Gasteiger charge is -2.34. The minimum absolute atomic E-state index is 0.0813. The lowest BCUT2D eigenvalue weighted by molar-refractivity contribution is 0.0547. The number of benzene rings is 2. The third-order valence-corrected chi connectivity index (χ3v) is 7.57. The predicted octanol–water partition coefficient (Wildman–Crippen LogP) is 4.47. The van der Waals surface area contributed by atoms with Crippen LogP contribution < -0.4 is 5.32 Å². The second kappa shape index (κ2) is 9.45. The molecule has 6 rings (SSSR count). The van der Waals surface area contributed by atoms with E-state index in [-0.39, 0.29) is 23.2 Å². The van der Waals surface area contributed by atoms with E-state index in [0.29, 0.717) is 30.2 Å². The molecule has 192 valence electrons. The Hall–Kier alpha value is -4.46. The number of carbonyl (C=O) groups excluding carboxylic acids is 1. The summed E-state index contributed by atoms with van der Waals surface area (Å²) in [6.45, 7) is 3.20. The summed E-state index contributed by atoms with van der Waals surface area (Å²) in [5.41, 5.74) is 6.05. The van der Waals surface area contributed by atoms with E-state index in [0.717, 1.165) is 40.7 Å². The van der Waals surface area contributed by atoms with Crippen LogP contribution in [0.25, 0.3) is 22.6 Å². The highest BCUT2D eigenvalue weighted by Crippen LogP contribution is 2.46. The molecule has 2 aromatic heterocycles. The number of nitrogens with zero attached hydrogens (tertiary/aromatic N) is 4. The molecular weight excluding hydrogens is 482 g/mol. The standard InChI is InChI=1S/C29H27N5O4/c1-17-27(33(2)32-31-17)22-15-25-26(30-23(22)16-35)21-9-8-20(29(36)37)14-24(21)34(25)28(18-6-4-3-5-7-18)19-10-12-38-13-11-19/h3-9,14-15,19,28,30H,10-13H2,1-2H3,(H,36,37). The number of nitrogens with one attached hydrogen (secondary N) is 1. The van der Waals surface area contributed by atoms with Crippen molar-refractivity contribution in [3.05, 3.63) is 82.4 Å². The Morgan fingerprint density at radius 1 is 1.18 bits per heavy atom. The van der Waals surface area contributed by atoms with Crippen LogP contribution in [0.4, 0.5) is 5.69 Å². The van der Waals surface area contributed by atoms with Crippen LogP contribution in [-0.2, 0) is 16.6 Å². The van der Waals surface area contributed by atoms with E-state index in [2.05, 4.69) is 38.3 Å². The highest BCUT2D eigenvalue weighted by Gasteiger charge is 2.34. The fourth-order valence-electron chi connectivity index (χ4n) is 5.85. The van der Waals surface area contributed by atoms with Gasteiger partial charge in [-0.15, -0.1) is 5.10 Å². The molecule has 9 nitrogen and oxygen atoms in total. The van der Waals surface area contributed by atoms with Crippen molar-refractivity contribution >= 4 is 40.2 Å². The number of aromatic carboxylic acids is 1. The number of rotatable bonds is 5. The van der Waals surface area contributed by atoms with Gasteiger partial charge in [0.05, 0.1) is 39.9 Å². The Labute approximate surface area is 219 Å². The average molecular weight is 510 g/mol. The second-order valence-electron chi connectivity index (χ2n) is 9.78. The first-order chi connectivity index (χ1) is 18.5. The molecule has 2 aliphatic rings. The van der Waals surface area contributed by atoms with Gasteiger partial charge in [-0.2, -0.15) is 0 Å². The van der Waals surface area contributed by atoms with Gasteiger partial charge in [0.2, 0.25) is 0 Å². The van der Waals surface area contributed by atoms with E-state index in [1.54, 1.807) is 23.9 Å². The van der Waals surface area contributed by atoms with Gasteiger partial charge in [-0.1, -0.05) is 35.5 Å². The van der Waals surface area contributed by atoms with Crippen LogP contribution in [0.5, 0.6) is 0 Å². The zero-order valence-corrected chi connectivity index (χ0v) is 21.1. The minimum atomic E-state index is -0.991. The van der Waals surface area contributed by atoms with Crippen molar-refractivity contribution < 1.29 is 19.4 Å². The van der Waals surface area contributed by atoms with E-state index >= 15 is 0 Å². The molecule has 2 N–H and O–H groups in total. The number of aryl methyl sites for hydroxylation is 2. The monoisotopic (exact) mass is 509 g/mol. The first-order valence-corrected chi connectivity index (χ1v) is 12.6. The van der Waals surface area contributed by atoms with Gasteiger partial charge in [-0.25, -0.2) is 14.3 Å². The van der Waals surface area contributed by atoms with Crippen LogP contribution in [-0.4, -0.2) is 49.8 Å². The van der Waals surface area contributed by atoms with Gasteiger partial charge in [0.15, 0.2) is 5.94 Å². The van der Waals surface area contributed by atoms with Crippen LogP contribution in [0.3, 0.4) is 0 Å². The van der Waals surface area contributed by atoms with E-state index in [9.17, 15) is 14.7 Å². The van der Waals surface area contributed by atoms with E-state index in [1.165, 1.54) is 0 Å². The Morgan fingerprint density at radius 3 is 2.61 bits per heavy atom. The molecule has 0 radical (unpaired) electrons. The molecule has 0 aliphatic carbocycles. The third-order valence-electron chi connectivity index (χ3n) is 7.57. The maximum Gasteiger partial charge on any atom is 0.335 e. The number of allylic oxidation sites excluding steroid dienone is 1. The molecule has 1 unspecified atom stereocenters. The Kier molecular flexibility index (Phi) is 5.94. The van der Waals surface area contributed by atoms with Gasteiger partial charge < -0.3 is 19.7 Å². The molecule has 4 aromatic rings. The number of carboxylic acid groups (broad SMARTS) is 1. The maximum atomic E-state index is 12.2. The number of carbonyl (C=O) groups is 1. The summed E-state index contributed by atoms with van der Waals surface area (Å²) >= 11 is 0. The number of anilines is 1. The SMILES string of the molecule is Cc1nnn(C)c1C1=Cc2c(c3ccc(C(=O)O)cc3n2C(c2ccccc2)C2CCOCC2)NC1=C=O. The van der Waals surface area contributed by atoms with Crippen molar-refractivity contribution in [1.82, 2.24) is 19.6 Å². The van der Waals surface area contributed by atoms with Crippen LogP contribution in [0.1, 0.15) is 51.9 Å². The molecule has 2 aliphatic heterocycles. The highest BCUT2D eigenvalue weighted by atomic mass is 16.5. The molecule has 0 bridgehead atoms. The van der Waals surface area contributed by atoms with Gasteiger partial charge in [0.1, 0.15) is 5.70 Å². The number of carboxylic acids is 1. The van der Waals surface area contributed by atoms with Crippen molar-refractivity contribution in [3.8, 4) is 0 Å². The summed E-state index contributed by atoms with van der Waals surface area (Å²) < 4.78 is 9.58. The average Bonchev–Trinajstić information content (AvgIpc) is 3.44. The van der Waals surface area contributed by atoms with Crippen LogP contribution in [0, 0.1) is 12.8 Å². The van der Waals surface area contributed by atoms with Crippen molar-refractivity contribution in [2.45, 2.75) is 25.8 Å². The summed E-state index contributed by atoms with van der Waals surface area (Å²) in [4.78, 5) is 24.2. The van der Waals surface area contributed by atoms with E-state index in [1.807, 2.05) is 37.3 Å². The topological polar surface area (TPSA) is 111 Å². The normalized spacial score (nSPS) is 16.5. The number of hydrogen-bond donors (Lipinski definition) is 2. The van der Waals surface area contributed by atoms with Gasteiger partial charge in [-0.3, -0.25) is 0 Å². The molecule has 1 fully saturated rings. The van der Waals surface area contributed by atoms with Crippen molar-refractivity contribution in [3.63, 3.8) is 0 Å². The first-order valence-electron chi connectivity index (χ1n) is 12.6. The quantitative estimate of drug-likeness (QED) is 0.382. The number of aromatic nitrogens is 4. The van der Waals surface area contributed by atoms with E-state index in [4.69, 9.17) is 4.74 Å².